The lowest BCUT2D eigenvalue weighted by molar-refractivity contribution is 0.0615. The van der Waals surface area contributed by atoms with Crippen LogP contribution in [0.15, 0.2) is 29.2 Å². The standard InChI is InChI=1S/C24H31NO7/c1-6-31-7-8-32-21-9-15-10-22(24(2,3)14-29-4)25-13-17(23(27)28)19(26)12-18(25)16(15)11-20(21)30-5/h9,11-13,22H,6-8,10,14H2,1-5H3,(H,27,28). The Hall–Kier alpha value is -2.84. The quantitative estimate of drug-likeness (QED) is 0.560. The van der Waals surface area contributed by atoms with Gasteiger partial charge in [-0.2, -0.15) is 0 Å². The summed E-state index contributed by atoms with van der Waals surface area (Å²) in [5.41, 5.74) is 1.34. The number of hydrogen-bond donors (Lipinski definition) is 1. The number of benzene rings is 1. The molecule has 1 unspecified atom stereocenters. The van der Waals surface area contributed by atoms with Crippen molar-refractivity contribution in [2.45, 2.75) is 33.2 Å². The Morgan fingerprint density at radius 3 is 2.56 bits per heavy atom. The number of aromatic nitrogens is 1. The summed E-state index contributed by atoms with van der Waals surface area (Å²) in [6.07, 6.45) is 2.07. The summed E-state index contributed by atoms with van der Waals surface area (Å²) >= 11 is 0. The average molecular weight is 446 g/mol. The number of fused-ring (bicyclic) bond motifs is 3. The molecule has 2 heterocycles. The van der Waals surface area contributed by atoms with E-state index in [0.717, 1.165) is 11.1 Å². The van der Waals surface area contributed by atoms with Gasteiger partial charge in [-0.3, -0.25) is 4.79 Å². The van der Waals surface area contributed by atoms with E-state index in [-0.39, 0.29) is 17.0 Å². The van der Waals surface area contributed by atoms with Crippen molar-refractivity contribution in [2.75, 3.05) is 40.6 Å². The molecule has 3 rings (SSSR count). The summed E-state index contributed by atoms with van der Waals surface area (Å²) in [6.45, 7) is 8.00. The van der Waals surface area contributed by atoms with Crippen LogP contribution < -0.4 is 14.9 Å². The third-order valence-corrected chi connectivity index (χ3v) is 5.83. The van der Waals surface area contributed by atoms with Crippen LogP contribution in [0.4, 0.5) is 0 Å². The maximum Gasteiger partial charge on any atom is 0.341 e. The first-order valence-electron chi connectivity index (χ1n) is 10.6. The van der Waals surface area contributed by atoms with Gasteiger partial charge in [0, 0.05) is 43.0 Å². The molecule has 1 aliphatic heterocycles. The topological polar surface area (TPSA) is 96.2 Å². The van der Waals surface area contributed by atoms with Crippen molar-refractivity contribution in [3.8, 4) is 22.8 Å². The highest BCUT2D eigenvalue weighted by atomic mass is 16.5. The van der Waals surface area contributed by atoms with Gasteiger partial charge in [0.15, 0.2) is 16.9 Å². The second kappa shape index (κ2) is 9.75. The lowest BCUT2D eigenvalue weighted by atomic mass is 9.77. The fraction of sp³-hybridized carbons (Fsp3) is 0.500. The fourth-order valence-electron chi connectivity index (χ4n) is 4.25. The predicted molar refractivity (Wildman–Crippen MR) is 120 cm³/mol. The van der Waals surface area contributed by atoms with Gasteiger partial charge in [-0.15, -0.1) is 0 Å². The molecule has 1 N–H and O–H groups in total. The van der Waals surface area contributed by atoms with Gasteiger partial charge >= 0.3 is 5.97 Å². The highest BCUT2D eigenvalue weighted by Gasteiger charge is 2.37. The molecule has 0 radical (unpaired) electrons. The zero-order chi connectivity index (χ0) is 23.5. The predicted octanol–water partition coefficient (Wildman–Crippen LogP) is 3.41. The Bertz CT molecular complexity index is 1040. The van der Waals surface area contributed by atoms with Crippen LogP contribution in [0.3, 0.4) is 0 Å². The Kier molecular flexibility index (Phi) is 7.26. The van der Waals surface area contributed by atoms with Crippen molar-refractivity contribution >= 4 is 5.97 Å². The minimum Gasteiger partial charge on any atom is -0.493 e. The van der Waals surface area contributed by atoms with Gasteiger partial charge in [0.2, 0.25) is 0 Å². The van der Waals surface area contributed by atoms with E-state index < -0.39 is 11.4 Å². The number of nitrogens with zero attached hydrogens (tertiary/aromatic N) is 1. The Morgan fingerprint density at radius 2 is 1.94 bits per heavy atom. The van der Waals surface area contributed by atoms with Gasteiger partial charge in [-0.05, 0) is 31.0 Å². The zero-order valence-corrected chi connectivity index (χ0v) is 19.3. The second-order valence-corrected chi connectivity index (χ2v) is 8.50. The van der Waals surface area contributed by atoms with Gasteiger partial charge in [-0.1, -0.05) is 13.8 Å². The molecule has 0 bridgehead atoms. The van der Waals surface area contributed by atoms with Crippen LogP contribution in [0.25, 0.3) is 11.3 Å². The fourth-order valence-corrected chi connectivity index (χ4v) is 4.25. The van der Waals surface area contributed by atoms with E-state index in [1.807, 2.05) is 23.6 Å². The van der Waals surface area contributed by atoms with Crippen LogP contribution in [-0.4, -0.2) is 56.3 Å². The van der Waals surface area contributed by atoms with Crippen LogP contribution in [0, 0.1) is 5.41 Å². The second-order valence-electron chi connectivity index (χ2n) is 8.50. The molecular weight excluding hydrogens is 414 g/mol. The lowest BCUT2D eigenvalue weighted by Crippen LogP contribution is -2.37. The number of carboxylic acid groups (broad SMARTS) is 1. The van der Waals surface area contributed by atoms with E-state index in [4.69, 9.17) is 18.9 Å². The van der Waals surface area contributed by atoms with Crippen molar-refractivity contribution in [1.29, 1.82) is 0 Å². The number of aromatic carboxylic acids is 1. The smallest absolute Gasteiger partial charge is 0.341 e. The number of hydrogen-bond acceptors (Lipinski definition) is 6. The molecule has 8 nitrogen and oxygen atoms in total. The number of carboxylic acids is 1. The van der Waals surface area contributed by atoms with E-state index >= 15 is 0 Å². The van der Waals surface area contributed by atoms with Crippen LogP contribution in [-0.2, 0) is 15.9 Å². The number of rotatable bonds is 10. The molecule has 0 fully saturated rings. The largest absolute Gasteiger partial charge is 0.493 e. The van der Waals surface area contributed by atoms with Crippen molar-refractivity contribution in [3.63, 3.8) is 0 Å². The lowest BCUT2D eigenvalue weighted by Gasteiger charge is -2.40. The zero-order valence-electron chi connectivity index (χ0n) is 19.3. The molecule has 1 aromatic heterocycles. The Balaban J connectivity index is 2.15. The van der Waals surface area contributed by atoms with Gasteiger partial charge in [0.05, 0.1) is 26.0 Å². The van der Waals surface area contributed by atoms with E-state index in [0.29, 0.717) is 50.0 Å². The molecule has 1 aromatic carbocycles. The number of carbonyl (C=O) groups is 1. The molecule has 1 aliphatic rings. The van der Waals surface area contributed by atoms with Crippen molar-refractivity contribution in [2.24, 2.45) is 5.41 Å². The van der Waals surface area contributed by atoms with Crippen LogP contribution in [0.2, 0.25) is 0 Å². The van der Waals surface area contributed by atoms with Crippen molar-refractivity contribution in [3.05, 3.63) is 45.7 Å². The summed E-state index contributed by atoms with van der Waals surface area (Å²) in [4.78, 5) is 24.2. The highest BCUT2D eigenvalue weighted by Crippen LogP contribution is 2.46. The minimum atomic E-state index is -1.24. The molecule has 8 heteroatoms. The third kappa shape index (κ3) is 4.66. The minimum absolute atomic E-state index is 0.131. The summed E-state index contributed by atoms with van der Waals surface area (Å²) in [5, 5.41) is 9.51. The molecule has 0 aliphatic carbocycles. The first kappa shape index (κ1) is 23.8. The Morgan fingerprint density at radius 1 is 1.19 bits per heavy atom. The summed E-state index contributed by atoms with van der Waals surface area (Å²) < 4.78 is 24.1. The molecule has 32 heavy (non-hydrogen) atoms. The average Bonchev–Trinajstić information content (AvgIpc) is 2.74. The summed E-state index contributed by atoms with van der Waals surface area (Å²) in [6, 6.07) is 5.05. The normalized spacial score (nSPS) is 15.1. The van der Waals surface area contributed by atoms with Crippen LogP contribution in [0.1, 0.15) is 42.7 Å². The van der Waals surface area contributed by atoms with E-state index in [9.17, 15) is 14.7 Å². The van der Waals surface area contributed by atoms with Gasteiger partial charge < -0.3 is 28.6 Å². The molecule has 2 aromatic rings. The van der Waals surface area contributed by atoms with Gasteiger partial charge in [-0.25, -0.2) is 4.79 Å². The van der Waals surface area contributed by atoms with E-state index in [1.54, 1.807) is 14.2 Å². The van der Waals surface area contributed by atoms with Crippen LogP contribution >= 0.6 is 0 Å². The van der Waals surface area contributed by atoms with Gasteiger partial charge in [0.1, 0.15) is 12.2 Å². The molecule has 1 atom stereocenters. The maximum absolute atomic E-state index is 12.6. The first-order valence-corrected chi connectivity index (χ1v) is 10.6. The highest BCUT2D eigenvalue weighted by molar-refractivity contribution is 5.88. The van der Waals surface area contributed by atoms with Crippen molar-refractivity contribution < 1.29 is 28.8 Å². The third-order valence-electron chi connectivity index (χ3n) is 5.83. The number of methoxy groups -OCH3 is 2. The molecule has 174 valence electrons. The Labute approximate surface area is 187 Å². The van der Waals surface area contributed by atoms with E-state index in [1.165, 1.54) is 12.3 Å². The molecule has 0 amide bonds. The molecular formula is C24H31NO7. The SMILES string of the molecule is CCOCCOc1cc2c(cc1OC)-c1cc(=O)c(C(=O)O)cn1C(C(C)(C)COC)C2. The molecule has 0 saturated carbocycles. The number of ether oxygens (including phenoxy) is 4. The summed E-state index contributed by atoms with van der Waals surface area (Å²) in [5.74, 6) is -0.0987. The van der Waals surface area contributed by atoms with Gasteiger partial charge in [0.25, 0.3) is 0 Å². The molecule has 0 spiro atoms. The van der Waals surface area contributed by atoms with E-state index in [2.05, 4.69) is 13.8 Å². The van der Waals surface area contributed by atoms with Crippen LogP contribution in [0.5, 0.6) is 11.5 Å². The number of pyridine rings is 1. The molecule has 0 saturated heterocycles. The monoisotopic (exact) mass is 445 g/mol. The maximum atomic E-state index is 12.6. The van der Waals surface area contributed by atoms with Crippen molar-refractivity contribution in [1.82, 2.24) is 4.57 Å². The summed E-state index contributed by atoms with van der Waals surface area (Å²) in [7, 11) is 3.20. The first-order chi connectivity index (χ1) is 15.2.